The highest BCUT2D eigenvalue weighted by molar-refractivity contribution is 6.04. The topological polar surface area (TPSA) is 94.8 Å². The predicted octanol–water partition coefficient (Wildman–Crippen LogP) is 2.48. The molecule has 0 radical (unpaired) electrons. The van der Waals surface area contributed by atoms with Gasteiger partial charge in [-0.15, -0.1) is 5.10 Å². The first-order chi connectivity index (χ1) is 12.1. The second-order valence-corrected chi connectivity index (χ2v) is 5.65. The molecular weight excluding hydrogens is 320 g/mol. The molecule has 0 saturated carbocycles. The number of pyridine rings is 1. The molecule has 0 unspecified atom stereocenters. The number of tetrazole rings is 1. The van der Waals surface area contributed by atoms with Crippen LogP contribution in [0.1, 0.15) is 36.1 Å². The number of rotatable bonds is 6. The SMILES string of the molecule is CC(C)n1nnnc1COc1cccc(C(=O)Nc2cccnc2)c1. The molecule has 1 amide bonds. The highest BCUT2D eigenvalue weighted by Crippen LogP contribution is 2.16. The molecule has 0 fully saturated rings. The molecule has 128 valence electrons. The maximum atomic E-state index is 12.3. The fourth-order valence-corrected chi connectivity index (χ4v) is 2.22. The molecule has 2 heterocycles. The van der Waals surface area contributed by atoms with E-state index in [2.05, 4.69) is 25.8 Å². The van der Waals surface area contributed by atoms with Crippen LogP contribution in [0.3, 0.4) is 0 Å². The van der Waals surface area contributed by atoms with Crippen LogP contribution in [-0.2, 0) is 6.61 Å². The van der Waals surface area contributed by atoms with E-state index >= 15 is 0 Å². The van der Waals surface area contributed by atoms with E-state index in [1.807, 2.05) is 13.8 Å². The molecule has 3 rings (SSSR count). The normalized spacial score (nSPS) is 10.7. The number of anilines is 1. The van der Waals surface area contributed by atoms with Crippen LogP contribution in [0, 0.1) is 0 Å². The van der Waals surface area contributed by atoms with Gasteiger partial charge in [0.05, 0.1) is 17.9 Å². The Morgan fingerprint density at radius 2 is 2.16 bits per heavy atom. The van der Waals surface area contributed by atoms with Crippen LogP contribution in [0.4, 0.5) is 5.69 Å². The van der Waals surface area contributed by atoms with Crippen molar-refractivity contribution < 1.29 is 9.53 Å². The molecule has 0 saturated heterocycles. The second kappa shape index (κ2) is 7.52. The third-order valence-corrected chi connectivity index (χ3v) is 3.43. The van der Waals surface area contributed by atoms with Crippen LogP contribution >= 0.6 is 0 Å². The molecule has 1 N–H and O–H groups in total. The van der Waals surface area contributed by atoms with Gasteiger partial charge < -0.3 is 10.1 Å². The minimum Gasteiger partial charge on any atom is -0.486 e. The minimum atomic E-state index is -0.231. The molecule has 0 aliphatic carbocycles. The van der Waals surface area contributed by atoms with Gasteiger partial charge in [-0.2, -0.15) is 0 Å². The molecule has 0 spiro atoms. The van der Waals surface area contributed by atoms with E-state index in [9.17, 15) is 4.79 Å². The van der Waals surface area contributed by atoms with Gasteiger partial charge in [0.1, 0.15) is 12.4 Å². The molecule has 8 heteroatoms. The van der Waals surface area contributed by atoms with Crippen molar-refractivity contribution in [3.8, 4) is 5.75 Å². The van der Waals surface area contributed by atoms with Crippen LogP contribution in [0.5, 0.6) is 5.75 Å². The number of hydrogen-bond donors (Lipinski definition) is 1. The van der Waals surface area contributed by atoms with Crippen molar-refractivity contribution in [3.05, 3.63) is 60.2 Å². The van der Waals surface area contributed by atoms with Crippen molar-refractivity contribution in [2.24, 2.45) is 0 Å². The van der Waals surface area contributed by atoms with Gasteiger partial charge in [0.2, 0.25) is 0 Å². The van der Waals surface area contributed by atoms with Crippen LogP contribution in [0.2, 0.25) is 0 Å². The van der Waals surface area contributed by atoms with Crippen molar-refractivity contribution in [2.45, 2.75) is 26.5 Å². The Morgan fingerprint density at radius 1 is 1.28 bits per heavy atom. The summed E-state index contributed by atoms with van der Waals surface area (Å²) in [7, 11) is 0. The lowest BCUT2D eigenvalue weighted by atomic mass is 10.2. The number of hydrogen-bond acceptors (Lipinski definition) is 6. The summed E-state index contributed by atoms with van der Waals surface area (Å²) in [4.78, 5) is 16.3. The van der Waals surface area contributed by atoms with Gasteiger partial charge in [-0.3, -0.25) is 9.78 Å². The van der Waals surface area contributed by atoms with Gasteiger partial charge in [0, 0.05) is 11.8 Å². The third kappa shape index (κ3) is 4.17. The summed E-state index contributed by atoms with van der Waals surface area (Å²) in [5.74, 6) is 0.961. The van der Waals surface area contributed by atoms with Gasteiger partial charge in [-0.1, -0.05) is 6.07 Å². The summed E-state index contributed by atoms with van der Waals surface area (Å²) >= 11 is 0. The molecule has 25 heavy (non-hydrogen) atoms. The Balaban J connectivity index is 1.67. The lowest BCUT2D eigenvalue weighted by Crippen LogP contribution is -2.13. The monoisotopic (exact) mass is 338 g/mol. The van der Waals surface area contributed by atoms with E-state index in [0.29, 0.717) is 22.8 Å². The van der Waals surface area contributed by atoms with Gasteiger partial charge in [-0.05, 0) is 54.6 Å². The summed E-state index contributed by atoms with van der Waals surface area (Å²) in [5.41, 5.74) is 1.12. The number of aromatic nitrogens is 5. The smallest absolute Gasteiger partial charge is 0.255 e. The fourth-order valence-electron chi connectivity index (χ4n) is 2.22. The predicted molar refractivity (Wildman–Crippen MR) is 91.2 cm³/mol. The number of carbonyl (C=O) groups is 1. The molecule has 0 bridgehead atoms. The van der Waals surface area contributed by atoms with E-state index in [1.54, 1.807) is 53.5 Å². The second-order valence-electron chi connectivity index (χ2n) is 5.65. The van der Waals surface area contributed by atoms with Gasteiger partial charge >= 0.3 is 0 Å². The molecule has 0 aliphatic rings. The number of ether oxygens (including phenoxy) is 1. The van der Waals surface area contributed by atoms with E-state index in [1.165, 1.54) is 0 Å². The first-order valence-electron chi connectivity index (χ1n) is 7.84. The summed E-state index contributed by atoms with van der Waals surface area (Å²) in [6.45, 7) is 4.20. The zero-order valence-electron chi connectivity index (χ0n) is 14.0. The number of nitrogens with zero attached hydrogens (tertiary/aromatic N) is 5. The van der Waals surface area contributed by atoms with Gasteiger partial charge in [0.25, 0.3) is 5.91 Å². The van der Waals surface area contributed by atoms with E-state index in [0.717, 1.165) is 0 Å². The summed E-state index contributed by atoms with van der Waals surface area (Å²) in [6, 6.07) is 10.6. The first kappa shape index (κ1) is 16.6. The van der Waals surface area contributed by atoms with Gasteiger partial charge in [0.15, 0.2) is 5.82 Å². The van der Waals surface area contributed by atoms with Crippen LogP contribution in [0.15, 0.2) is 48.8 Å². The molecule has 8 nitrogen and oxygen atoms in total. The Bertz CT molecular complexity index is 847. The van der Waals surface area contributed by atoms with Crippen molar-refractivity contribution in [2.75, 3.05) is 5.32 Å². The molecule has 2 aromatic heterocycles. The highest BCUT2D eigenvalue weighted by Gasteiger charge is 2.11. The lowest BCUT2D eigenvalue weighted by molar-refractivity contribution is 0.102. The Kier molecular flexibility index (Phi) is 4.98. The van der Waals surface area contributed by atoms with Crippen LogP contribution in [0.25, 0.3) is 0 Å². The van der Waals surface area contributed by atoms with Crippen molar-refractivity contribution in [1.82, 2.24) is 25.2 Å². The van der Waals surface area contributed by atoms with E-state index in [-0.39, 0.29) is 18.6 Å². The maximum Gasteiger partial charge on any atom is 0.255 e. The quantitative estimate of drug-likeness (QED) is 0.742. The molecule has 3 aromatic rings. The summed E-state index contributed by atoms with van der Waals surface area (Å²) < 4.78 is 7.42. The minimum absolute atomic E-state index is 0.144. The van der Waals surface area contributed by atoms with Crippen molar-refractivity contribution >= 4 is 11.6 Å². The summed E-state index contributed by atoms with van der Waals surface area (Å²) in [6.07, 6.45) is 3.23. The Labute approximate surface area is 144 Å². The van der Waals surface area contributed by atoms with Gasteiger partial charge in [-0.25, -0.2) is 4.68 Å². The Morgan fingerprint density at radius 3 is 2.92 bits per heavy atom. The fraction of sp³-hybridized carbons (Fsp3) is 0.235. The lowest BCUT2D eigenvalue weighted by Gasteiger charge is -2.10. The van der Waals surface area contributed by atoms with E-state index in [4.69, 9.17) is 4.74 Å². The van der Waals surface area contributed by atoms with E-state index < -0.39 is 0 Å². The number of benzene rings is 1. The highest BCUT2D eigenvalue weighted by atomic mass is 16.5. The van der Waals surface area contributed by atoms with Crippen LogP contribution < -0.4 is 10.1 Å². The number of carbonyl (C=O) groups excluding carboxylic acids is 1. The Hall–Kier alpha value is -3.29. The largest absolute Gasteiger partial charge is 0.486 e. The standard InChI is InChI=1S/C17H18N6O2/c1-12(2)23-16(20-21-22-23)11-25-15-7-3-5-13(9-15)17(24)19-14-6-4-8-18-10-14/h3-10,12H,11H2,1-2H3,(H,19,24). The third-order valence-electron chi connectivity index (χ3n) is 3.43. The maximum absolute atomic E-state index is 12.3. The van der Waals surface area contributed by atoms with Crippen LogP contribution in [-0.4, -0.2) is 31.1 Å². The van der Waals surface area contributed by atoms with Crippen molar-refractivity contribution in [3.63, 3.8) is 0 Å². The number of amides is 1. The first-order valence-corrected chi connectivity index (χ1v) is 7.84. The average molecular weight is 338 g/mol. The zero-order chi connectivity index (χ0) is 17.6. The van der Waals surface area contributed by atoms with Crippen molar-refractivity contribution in [1.29, 1.82) is 0 Å². The molecule has 0 atom stereocenters. The summed E-state index contributed by atoms with van der Waals surface area (Å²) in [5, 5.41) is 14.3. The average Bonchev–Trinajstić information content (AvgIpc) is 3.10. The molecular formula is C17H18N6O2. The zero-order valence-corrected chi connectivity index (χ0v) is 14.0. The molecule has 1 aromatic carbocycles. The number of nitrogens with one attached hydrogen (secondary N) is 1. The molecule has 0 aliphatic heterocycles.